The van der Waals surface area contributed by atoms with Crippen LogP contribution < -0.4 is 0 Å². The van der Waals surface area contributed by atoms with Crippen LogP contribution >= 0.6 is 0 Å². The number of para-hydroxylation sites is 2. The number of fused-ring (bicyclic) bond motifs is 2. The third-order valence-corrected chi connectivity index (χ3v) is 5.67. The number of aromatic nitrogens is 4. The molecular weight excluding hydrogens is 342 g/mol. The van der Waals surface area contributed by atoms with E-state index >= 15 is 0 Å². The van der Waals surface area contributed by atoms with Crippen molar-refractivity contribution < 1.29 is 9.21 Å². The second-order valence-electron chi connectivity index (χ2n) is 7.51. The Morgan fingerprint density at radius 3 is 2.93 bits per heavy atom. The monoisotopic (exact) mass is 365 g/mol. The molecule has 1 saturated heterocycles. The van der Waals surface area contributed by atoms with Gasteiger partial charge in [0.05, 0.1) is 5.92 Å². The molecule has 0 aliphatic carbocycles. The average Bonchev–Trinajstić information content (AvgIpc) is 3.25. The van der Waals surface area contributed by atoms with E-state index in [1.165, 1.54) is 6.42 Å². The third kappa shape index (κ3) is 3.01. The SMILES string of the molecule is O=C(c1nnc2n1CCCCC2)N1CCC[C@@H](c2nc3ccccc3o2)C1. The number of carbonyl (C=O) groups is 1. The van der Waals surface area contributed by atoms with Gasteiger partial charge in [-0.1, -0.05) is 18.6 Å². The summed E-state index contributed by atoms with van der Waals surface area (Å²) >= 11 is 0. The average molecular weight is 365 g/mol. The number of hydrogen-bond acceptors (Lipinski definition) is 5. The van der Waals surface area contributed by atoms with Crippen LogP contribution in [0.1, 0.15) is 60.4 Å². The van der Waals surface area contributed by atoms with Crippen LogP contribution in [0.15, 0.2) is 28.7 Å². The van der Waals surface area contributed by atoms with E-state index in [0.717, 1.165) is 68.0 Å². The fourth-order valence-corrected chi connectivity index (χ4v) is 4.21. The lowest BCUT2D eigenvalue weighted by Gasteiger charge is -2.31. The summed E-state index contributed by atoms with van der Waals surface area (Å²) in [4.78, 5) is 19.7. The largest absolute Gasteiger partial charge is 0.440 e. The summed E-state index contributed by atoms with van der Waals surface area (Å²) in [5.41, 5.74) is 1.68. The van der Waals surface area contributed by atoms with Crippen LogP contribution in [0.3, 0.4) is 0 Å². The van der Waals surface area contributed by atoms with Crippen molar-refractivity contribution in [3.63, 3.8) is 0 Å². The van der Waals surface area contributed by atoms with Crippen LogP contribution in [0.5, 0.6) is 0 Å². The van der Waals surface area contributed by atoms with Crippen molar-refractivity contribution in [3.8, 4) is 0 Å². The van der Waals surface area contributed by atoms with Crippen LogP contribution in [0.2, 0.25) is 0 Å². The van der Waals surface area contributed by atoms with Gasteiger partial charge in [0.1, 0.15) is 11.3 Å². The Balaban J connectivity index is 1.38. The summed E-state index contributed by atoms with van der Waals surface area (Å²) in [6.45, 7) is 2.21. The Bertz CT molecular complexity index is 943. The Hall–Kier alpha value is -2.70. The molecule has 1 aromatic carbocycles. The highest BCUT2D eigenvalue weighted by Gasteiger charge is 2.31. The fourth-order valence-electron chi connectivity index (χ4n) is 4.21. The van der Waals surface area contributed by atoms with Crippen molar-refractivity contribution >= 4 is 17.0 Å². The van der Waals surface area contributed by atoms with Gasteiger partial charge in [-0.05, 0) is 37.8 Å². The number of carbonyl (C=O) groups excluding carboxylic acids is 1. The van der Waals surface area contributed by atoms with E-state index in [4.69, 9.17) is 4.42 Å². The predicted octanol–water partition coefficient (Wildman–Crippen LogP) is 3.17. The van der Waals surface area contributed by atoms with E-state index < -0.39 is 0 Å². The third-order valence-electron chi connectivity index (χ3n) is 5.67. The molecule has 4 heterocycles. The molecule has 2 aromatic heterocycles. The van der Waals surface area contributed by atoms with E-state index in [1.54, 1.807) is 0 Å². The molecule has 5 rings (SSSR count). The van der Waals surface area contributed by atoms with Gasteiger partial charge in [-0.2, -0.15) is 0 Å². The molecule has 1 amide bonds. The number of rotatable bonds is 2. The van der Waals surface area contributed by atoms with Crippen molar-refractivity contribution in [2.24, 2.45) is 0 Å². The lowest BCUT2D eigenvalue weighted by Crippen LogP contribution is -2.40. The van der Waals surface area contributed by atoms with Gasteiger partial charge >= 0.3 is 0 Å². The second kappa shape index (κ2) is 6.79. The quantitative estimate of drug-likeness (QED) is 0.697. The number of amides is 1. The van der Waals surface area contributed by atoms with Crippen molar-refractivity contribution in [2.75, 3.05) is 13.1 Å². The van der Waals surface area contributed by atoms with Gasteiger partial charge < -0.3 is 13.9 Å². The first-order valence-electron chi connectivity index (χ1n) is 9.86. The summed E-state index contributed by atoms with van der Waals surface area (Å²) in [6.07, 6.45) is 6.21. The van der Waals surface area contributed by atoms with Gasteiger partial charge in [0.15, 0.2) is 11.5 Å². The molecule has 3 aromatic rings. The van der Waals surface area contributed by atoms with Crippen molar-refractivity contribution in [2.45, 2.75) is 51.0 Å². The number of hydrogen-bond donors (Lipinski definition) is 0. The minimum atomic E-state index is -0.0172. The smallest absolute Gasteiger partial charge is 0.291 e. The van der Waals surface area contributed by atoms with E-state index in [-0.39, 0.29) is 11.8 Å². The lowest BCUT2D eigenvalue weighted by molar-refractivity contribution is 0.0680. The number of likely N-dealkylation sites (tertiary alicyclic amines) is 1. The summed E-state index contributed by atoms with van der Waals surface area (Å²) < 4.78 is 7.98. The zero-order valence-corrected chi connectivity index (χ0v) is 15.3. The molecule has 1 atom stereocenters. The normalized spacial score (nSPS) is 20.4. The fraction of sp³-hybridized carbons (Fsp3) is 0.500. The molecule has 0 saturated carbocycles. The highest BCUT2D eigenvalue weighted by atomic mass is 16.3. The predicted molar refractivity (Wildman–Crippen MR) is 99.5 cm³/mol. The highest BCUT2D eigenvalue weighted by Crippen LogP contribution is 2.29. The van der Waals surface area contributed by atoms with Crippen LogP contribution in [0, 0.1) is 0 Å². The maximum Gasteiger partial charge on any atom is 0.291 e. The summed E-state index contributed by atoms with van der Waals surface area (Å²) in [6, 6.07) is 7.80. The summed E-state index contributed by atoms with van der Waals surface area (Å²) in [5, 5.41) is 8.50. The molecule has 7 heteroatoms. The molecule has 0 bridgehead atoms. The number of aryl methyl sites for hydroxylation is 1. The van der Waals surface area contributed by atoms with Gasteiger partial charge in [0.25, 0.3) is 5.91 Å². The van der Waals surface area contributed by atoms with Gasteiger partial charge in [0.2, 0.25) is 5.82 Å². The lowest BCUT2D eigenvalue weighted by atomic mass is 9.98. The van der Waals surface area contributed by atoms with Gasteiger partial charge in [0, 0.05) is 26.1 Å². The van der Waals surface area contributed by atoms with E-state index in [2.05, 4.69) is 15.2 Å². The van der Waals surface area contributed by atoms with Gasteiger partial charge in [-0.3, -0.25) is 4.79 Å². The van der Waals surface area contributed by atoms with Crippen LogP contribution in [-0.4, -0.2) is 43.6 Å². The number of nitrogens with zero attached hydrogens (tertiary/aromatic N) is 5. The molecule has 2 aliphatic rings. The number of piperidine rings is 1. The zero-order chi connectivity index (χ0) is 18.2. The molecule has 140 valence electrons. The first kappa shape index (κ1) is 16.5. The minimum absolute atomic E-state index is 0.0172. The second-order valence-corrected chi connectivity index (χ2v) is 7.51. The minimum Gasteiger partial charge on any atom is -0.440 e. The van der Waals surface area contributed by atoms with Crippen LogP contribution in [0.25, 0.3) is 11.1 Å². The van der Waals surface area contributed by atoms with Crippen LogP contribution in [0.4, 0.5) is 0 Å². The topological polar surface area (TPSA) is 77.1 Å². The molecule has 2 aliphatic heterocycles. The molecule has 1 fully saturated rings. The van der Waals surface area contributed by atoms with Gasteiger partial charge in [-0.15, -0.1) is 10.2 Å². The molecule has 7 nitrogen and oxygen atoms in total. The Morgan fingerprint density at radius 1 is 1.07 bits per heavy atom. The van der Waals surface area contributed by atoms with Crippen molar-refractivity contribution in [1.82, 2.24) is 24.6 Å². The van der Waals surface area contributed by atoms with E-state index in [9.17, 15) is 4.79 Å². The summed E-state index contributed by atoms with van der Waals surface area (Å²) in [5.74, 6) is 2.28. The Labute approximate surface area is 157 Å². The Kier molecular flexibility index (Phi) is 4.14. The Morgan fingerprint density at radius 2 is 2.00 bits per heavy atom. The molecule has 0 unspecified atom stereocenters. The van der Waals surface area contributed by atoms with Gasteiger partial charge in [-0.25, -0.2) is 4.98 Å². The molecule has 0 spiro atoms. The number of benzene rings is 1. The van der Waals surface area contributed by atoms with E-state index in [0.29, 0.717) is 12.4 Å². The standard InChI is InChI=1S/C20H23N5O2/c26-20(18-23-22-17-10-2-1-5-12-25(17)18)24-11-6-7-14(13-24)19-21-15-8-3-4-9-16(15)27-19/h3-4,8-9,14H,1-2,5-7,10-13H2/t14-/m1/s1. The number of oxazole rings is 1. The molecule has 0 N–H and O–H groups in total. The summed E-state index contributed by atoms with van der Waals surface area (Å²) in [7, 11) is 0. The first-order valence-corrected chi connectivity index (χ1v) is 9.86. The maximum absolute atomic E-state index is 13.1. The molecule has 0 radical (unpaired) electrons. The van der Waals surface area contributed by atoms with Crippen molar-refractivity contribution in [1.29, 1.82) is 0 Å². The van der Waals surface area contributed by atoms with E-state index in [1.807, 2.05) is 33.7 Å². The molecular formula is C20H23N5O2. The zero-order valence-electron chi connectivity index (χ0n) is 15.3. The van der Waals surface area contributed by atoms with Crippen molar-refractivity contribution in [3.05, 3.63) is 41.8 Å². The highest BCUT2D eigenvalue weighted by molar-refractivity contribution is 5.91. The van der Waals surface area contributed by atoms with Crippen LogP contribution in [-0.2, 0) is 13.0 Å². The first-order chi connectivity index (χ1) is 13.3. The molecule has 27 heavy (non-hydrogen) atoms. The maximum atomic E-state index is 13.1.